The van der Waals surface area contributed by atoms with E-state index >= 15 is 0 Å². The second-order valence-electron chi connectivity index (χ2n) is 2.63. The lowest BCUT2D eigenvalue weighted by Gasteiger charge is -2.02. The van der Waals surface area contributed by atoms with E-state index in [-0.39, 0.29) is 6.42 Å². The van der Waals surface area contributed by atoms with Gasteiger partial charge in [0.05, 0.1) is 19.6 Å². The lowest BCUT2D eigenvalue weighted by atomic mass is 10.1. The molecule has 1 rings (SSSR count). The monoisotopic (exact) mass is 196 g/mol. The van der Waals surface area contributed by atoms with Crippen LogP contribution >= 0.6 is 0 Å². The third kappa shape index (κ3) is 2.50. The zero-order valence-corrected chi connectivity index (χ0v) is 8.24. The highest BCUT2D eigenvalue weighted by Gasteiger charge is 2.05. The zero-order valence-electron chi connectivity index (χ0n) is 8.24. The Morgan fingerprint density at radius 3 is 2.73 bits per heavy atom. The number of nitrogens with zero attached hydrogens (tertiary/aromatic N) is 2. The summed E-state index contributed by atoms with van der Waals surface area (Å²) in [5, 5.41) is 17.3. The predicted molar refractivity (Wildman–Crippen MR) is 54.8 cm³/mol. The van der Waals surface area contributed by atoms with E-state index in [1.54, 1.807) is 18.2 Å². The van der Waals surface area contributed by atoms with Gasteiger partial charge in [0.2, 0.25) is 0 Å². The van der Waals surface area contributed by atoms with Crippen molar-refractivity contribution < 1.29 is 4.74 Å². The van der Waals surface area contributed by atoms with Gasteiger partial charge in [-0.3, -0.25) is 0 Å². The molecule has 15 heavy (non-hydrogen) atoms. The molecular weight excluding hydrogens is 188 g/mol. The summed E-state index contributed by atoms with van der Waals surface area (Å²) < 4.78 is 5.03. The van der Waals surface area contributed by atoms with Crippen LogP contribution in [0.3, 0.4) is 0 Å². The van der Waals surface area contributed by atoms with E-state index < -0.39 is 0 Å². The average molecular weight is 196 g/mol. The topological polar surface area (TPSA) is 56.8 Å². The van der Waals surface area contributed by atoms with E-state index in [1.807, 2.05) is 12.1 Å². The third-order valence-electron chi connectivity index (χ3n) is 1.75. The molecular formula is C12H8N2O. The molecule has 0 radical (unpaired) electrons. The zero-order chi connectivity index (χ0) is 11.1. The number of hydrogen-bond donors (Lipinski definition) is 0. The van der Waals surface area contributed by atoms with E-state index in [4.69, 9.17) is 15.3 Å². The van der Waals surface area contributed by atoms with Crippen molar-refractivity contribution in [3.05, 3.63) is 29.3 Å². The largest absolute Gasteiger partial charge is 0.495 e. The predicted octanol–water partition coefficient (Wildman–Crippen LogP) is 1.83. The molecule has 0 aliphatic heterocycles. The molecule has 1 aromatic carbocycles. The number of rotatable bonds is 1. The maximum atomic E-state index is 8.92. The van der Waals surface area contributed by atoms with Gasteiger partial charge >= 0.3 is 0 Å². The molecule has 1 aromatic rings. The van der Waals surface area contributed by atoms with Gasteiger partial charge in [0, 0.05) is 5.56 Å². The number of hydrogen-bond acceptors (Lipinski definition) is 3. The summed E-state index contributed by atoms with van der Waals surface area (Å²) in [6.07, 6.45) is 0.155. The standard InChI is InChI=1S/C12H8N2O/c1-15-12-7-4-6-10(11(12)9-14)5-2-3-8-13/h4,6-7H,3H2,1H3. The molecule has 0 N–H and O–H groups in total. The molecule has 3 nitrogen and oxygen atoms in total. The quantitative estimate of drug-likeness (QED) is 0.644. The highest BCUT2D eigenvalue weighted by Crippen LogP contribution is 2.20. The minimum Gasteiger partial charge on any atom is -0.495 e. The van der Waals surface area contributed by atoms with Crippen LogP contribution in [0.1, 0.15) is 17.5 Å². The van der Waals surface area contributed by atoms with Crippen molar-refractivity contribution in [2.75, 3.05) is 7.11 Å². The van der Waals surface area contributed by atoms with Gasteiger partial charge in [-0.05, 0) is 12.1 Å². The molecule has 3 heteroatoms. The minimum atomic E-state index is 0.155. The van der Waals surface area contributed by atoms with E-state index in [2.05, 4.69) is 11.8 Å². The van der Waals surface area contributed by atoms with Gasteiger partial charge in [0.25, 0.3) is 0 Å². The number of methoxy groups -OCH3 is 1. The Bertz CT molecular complexity index is 495. The fourth-order valence-corrected chi connectivity index (χ4v) is 1.10. The molecule has 0 heterocycles. The van der Waals surface area contributed by atoms with Gasteiger partial charge in [0.15, 0.2) is 0 Å². The Kier molecular flexibility index (Phi) is 3.78. The fraction of sp³-hybridized carbons (Fsp3) is 0.167. The van der Waals surface area contributed by atoms with Gasteiger partial charge in [-0.15, -0.1) is 0 Å². The summed E-state index contributed by atoms with van der Waals surface area (Å²) in [5.41, 5.74) is 0.998. The Morgan fingerprint density at radius 2 is 2.13 bits per heavy atom. The van der Waals surface area contributed by atoms with Crippen LogP contribution in [0.15, 0.2) is 18.2 Å². The molecule has 0 bridgehead atoms. The number of nitriles is 2. The third-order valence-corrected chi connectivity index (χ3v) is 1.75. The van der Waals surface area contributed by atoms with Crippen molar-refractivity contribution in [2.45, 2.75) is 6.42 Å². The molecule has 0 aliphatic carbocycles. The second kappa shape index (κ2) is 5.32. The normalized spacial score (nSPS) is 7.93. The van der Waals surface area contributed by atoms with Crippen LogP contribution in [-0.2, 0) is 0 Å². The van der Waals surface area contributed by atoms with Crippen molar-refractivity contribution in [3.8, 4) is 29.7 Å². The maximum absolute atomic E-state index is 8.92. The van der Waals surface area contributed by atoms with Crippen LogP contribution in [0.25, 0.3) is 0 Å². The molecule has 0 atom stereocenters. The molecule has 0 unspecified atom stereocenters. The molecule has 0 aromatic heterocycles. The summed E-state index contributed by atoms with van der Waals surface area (Å²) in [4.78, 5) is 0. The van der Waals surface area contributed by atoms with Crippen molar-refractivity contribution in [1.29, 1.82) is 10.5 Å². The SMILES string of the molecule is COc1cccc(C#CCC#N)c1C#N. The Balaban J connectivity index is 3.16. The van der Waals surface area contributed by atoms with E-state index in [0.29, 0.717) is 16.9 Å². The van der Waals surface area contributed by atoms with Crippen molar-refractivity contribution in [1.82, 2.24) is 0 Å². The van der Waals surface area contributed by atoms with Gasteiger partial charge in [0.1, 0.15) is 17.4 Å². The van der Waals surface area contributed by atoms with Crippen LogP contribution in [-0.4, -0.2) is 7.11 Å². The first-order valence-electron chi connectivity index (χ1n) is 4.26. The minimum absolute atomic E-state index is 0.155. The van der Waals surface area contributed by atoms with Gasteiger partial charge in [-0.1, -0.05) is 17.9 Å². The van der Waals surface area contributed by atoms with Crippen LogP contribution < -0.4 is 4.74 Å². The van der Waals surface area contributed by atoms with Crippen LogP contribution in [0.5, 0.6) is 5.75 Å². The average Bonchev–Trinajstić information content (AvgIpc) is 2.29. The van der Waals surface area contributed by atoms with E-state index in [9.17, 15) is 0 Å². The first-order chi connectivity index (χ1) is 7.33. The Hall–Kier alpha value is -2.44. The summed E-state index contributed by atoms with van der Waals surface area (Å²) in [7, 11) is 1.50. The lowest BCUT2D eigenvalue weighted by molar-refractivity contribution is 0.413. The van der Waals surface area contributed by atoms with E-state index in [1.165, 1.54) is 7.11 Å². The Morgan fingerprint density at radius 1 is 1.33 bits per heavy atom. The highest BCUT2D eigenvalue weighted by molar-refractivity contribution is 5.55. The smallest absolute Gasteiger partial charge is 0.137 e. The second-order valence-corrected chi connectivity index (χ2v) is 2.63. The van der Waals surface area contributed by atoms with Gasteiger partial charge < -0.3 is 4.74 Å². The van der Waals surface area contributed by atoms with Crippen LogP contribution in [0.2, 0.25) is 0 Å². The molecule has 0 spiro atoms. The number of benzene rings is 1. The fourth-order valence-electron chi connectivity index (χ4n) is 1.10. The van der Waals surface area contributed by atoms with Crippen molar-refractivity contribution >= 4 is 0 Å². The maximum Gasteiger partial charge on any atom is 0.137 e. The lowest BCUT2D eigenvalue weighted by Crippen LogP contribution is -1.90. The first kappa shape index (κ1) is 10.6. The molecule has 0 amide bonds. The van der Waals surface area contributed by atoms with Crippen LogP contribution in [0.4, 0.5) is 0 Å². The molecule has 0 saturated carbocycles. The molecule has 0 saturated heterocycles. The van der Waals surface area contributed by atoms with Gasteiger partial charge in [-0.2, -0.15) is 10.5 Å². The molecule has 0 fully saturated rings. The van der Waals surface area contributed by atoms with E-state index in [0.717, 1.165) is 0 Å². The summed E-state index contributed by atoms with van der Waals surface area (Å²) in [6, 6.07) is 9.14. The number of ether oxygens (including phenoxy) is 1. The van der Waals surface area contributed by atoms with Crippen molar-refractivity contribution in [2.24, 2.45) is 0 Å². The molecule has 72 valence electrons. The van der Waals surface area contributed by atoms with Crippen molar-refractivity contribution in [3.63, 3.8) is 0 Å². The molecule has 0 aliphatic rings. The highest BCUT2D eigenvalue weighted by atomic mass is 16.5. The Labute approximate surface area is 88.5 Å². The summed E-state index contributed by atoms with van der Waals surface area (Å²) in [5.74, 6) is 5.93. The summed E-state index contributed by atoms with van der Waals surface area (Å²) >= 11 is 0. The summed E-state index contributed by atoms with van der Waals surface area (Å²) in [6.45, 7) is 0. The first-order valence-corrected chi connectivity index (χ1v) is 4.26. The van der Waals surface area contributed by atoms with Gasteiger partial charge in [-0.25, -0.2) is 0 Å². The van der Waals surface area contributed by atoms with Crippen LogP contribution in [0, 0.1) is 34.5 Å².